The summed E-state index contributed by atoms with van der Waals surface area (Å²) in [6, 6.07) is 2.97. The monoisotopic (exact) mass is 507 g/mol. The molecule has 36 heavy (non-hydrogen) atoms. The summed E-state index contributed by atoms with van der Waals surface area (Å²) in [5, 5.41) is 15.0. The number of esters is 1. The van der Waals surface area contributed by atoms with Gasteiger partial charge in [0.05, 0.1) is 13.7 Å². The van der Waals surface area contributed by atoms with Crippen LogP contribution in [0.2, 0.25) is 0 Å². The van der Waals surface area contributed by atoms with E-state index in [0.717, 1.165) is 11.1 Å². The van der Waals surface area contributed by atoms with Crippen LogP contribution in [0.3, 0.4) is 0 Å². The number of rotatable bonds is 10. The van der Waals surface area contributed by atoms with Crippen LogP contribution in [0.25, 0.3) is 0 Å². The van der Waals surface area contributed by atoms with Crippen molar-refractivity contribution in [3.05, 3.63) is 34.9 Å². The molecule has 1 aromatic carbocycles. The van der Waals surface area contributed by atoms with Gasteiger partial charge in [-0.05, 0) is 71.6 Å². The maximum Gasteiger partial charge on any atom is 0.408 e. The van der Waals surface area contributed by atoms with Crippen molar-refractivity contribution in [1.82, 2.24) is 15.5 Å². The third-order valence-corrected chi connectivity index (χ3v) is 5.88. The molecular weight excluding hydrogens is 466 g/mol. The molecule has 1 aromatic rings. The molecule has 2 unspecified atom stereocenters. The zero-order chi connectivity index (χ0) is 27.8. The van der Waals surface area contributed by atoms with Crippen molar-refractivity contribution < 1.29 is 33.8 Å². The molecule has 0 heterocycles. The Hall–Kier alpha value is -3.14. The average Bonchev–Trinajstić information content (AvgIpc) is 2.78. The van der Waals surface area contributed by atoms with Gasteiger partial charge in [-0.3, -0.25) is 14.4 Å². The summed E-state index contributed by atoms with van der Waals surface area (Å²) in [7, 11) is 1.21. The van der Waals surface area contributed by atoms with Crippen LogP contribution in [-0.2, 0) is 23.9 Å². The van der Waals surface area contributed by atoms with E-state index in [1.165, 1.54) is 12.0 Å². The predicted molar refractivity (Wildman–Crippen MR) is 135 cm³/mol. The van der Waals surface area contributed by atoms with Crippen molar-refractivity contribution in [2.24, 2.45) is 0 Å². The molecule has 10 nitrogen and oxygen atoms in total. The molecule has 0 radical (unpaired) electrons. The van der Waals surface area contributed by atoms with E-state index in [4.69, 9.17) is 4.74 Å². The Morgan fingerprint density at radius 3 is 2.06 bits per heavy atom. The number of aliphatic hydroxyl groups is 1. The number of nitrogens with zero attached hydrogens (tertiary/aromatic N) is 1. The number of carbonyl (C=O) groups excluding carboxylic acids is 4. The molecule has 3 amide bonds. The van der Waals surface area contributed by atoms with Gasteiger partial charge in [-0.15, -0.1) is 0 Å². The second-order valence-electron chi connectivity index (χ2n) is 10.3. The molecule has 0 bridgehead atoms. The molecule has 0 aliphatic rings. The van der Waals surface area contributed by atoms with Gasteiger partial charge in [0.1, 0.15) is 24.2 Å². The first kappa shape index (κ1) is 30.9. The van der Waals surface area contributed by atoms with E-state index in [-0.39, 0.29) is 6.54 Å². The molecule has 0 aliphatic heterocycles. The number of alkyl carbamates (subject to hydrolysis) is 1. The lowest BCUT2D eigenvalue weighted by Crippen LogP contribution is -2.60. The van der Waals surface area contributed by atoms with Gasteiger partial charge < -0.3 is 30.1 Å². The second kappa shape index (κ2) is 12.7. The summed E-state index contributed by atoms with van der Waals surface area (Å²) in [4.78, 5) is 53.1. The Bertz CT molecular complexity index is 933. The maximum atomic E-state index is 13.9. The highest BCUT2D eigenvalue weighted by atomic mass is 16.6. The first-order valence-electron chi connectivity index (χ1n) is 11.9. The van der Waals surface area contributed by atoms with Gasteiger partial charge in [-0.25, -0.2) is 4.79 Å². The fraction of sp³-hybridized carbons (Fsp3) is 0.615. The Kier molecular flexibility index (Phi) is 10.9. The third kappa shape index (κ3) is 8.22. The first-order valence-corrected chi connectivity index (χ1v) is 11.9. The number of methoxy groups -OCH3 is 1. The molecule has 1 rings (SSSR count). The van der Waals surface area contributed by atoms with E-state index in [1.807, 2.05) is 39.0 Å². The number of ether oxygens (including phenoxy) is 2. The van der Waals surface area contributed by atoms with Crippen LogP contribution in [0.1, 0.15) is 70.7 Å². The molecule has 0 aliphatic carbocycles. The van der Waals surface area contributed by atoms with Gasteiger partial charge in [-0.2, -0.15) is 0 Å². The smallest absolute Gasteiger partial charge is 0.408 e. The van der Waals surface area contributed by atoms with Crippen LogP contribution in [0.4, 0.5) is 4.79 Å². The van der Waals surface area contributed by atoms with E-state index in [1.54, 1.807) is 34.6 Å². The maximum absolute atomic E-state index is 13.9. The molecular formula is C26H41N3O7. The topological polar surface area (TPSA) is 134 Å². The van der Waals surface area contributed by atoms with Gasteiger partial charge in [-0.1, -0.05) is 25.1 Å². The predicted octanol–water partition coefficient (Wildman–Crippen LogP) is 2.54. The zero-order valence-corrected chi connectivity index (χ0v) is 22.9. The van der Waals surface area contributed by atoms with Crippen molar-refractivity contribution >= 4 is 23.9 Å². The number of hydrogen-bond donors (Lipinski definition) is 3. The lowest BCUT2D eigenvalue weighted by Gasteiger charge is -2.45. The highest BCUT2D eigenvalue weighted by Crippen LogP contribution is 2.35. The molecule has 0 fully saturated rings. The Morgan fingerprint density at radius 2 is 1.61 bits per heavy atom. The fourth-order valence-corrected chi connectivity index (χ4v) is 3.71. The van der Waals surface area contributed by atoms with Gasteiger partial charge in [0.25, 0.3) is 0 Å². The van der Waals surface area contributed by atoms with E-state index >= 15 is 0 Å². The molecule has 0 saturated heterocycles. The van der Waals surface area contributed by atoms with Gasteiger partial charge in [0, 0.05) is 5.54 Å². The highest BCUT2D eigenvalue weighted by molar-refractivity contribution is 5.94. The van der Waals surface area contributed by atoms with Crippen LogP contribution in [0, 0.1) is 13.8 Å². The molecule has 3 N–H and O–H groups in total. The average molecular weight is 508 g/mol. The number of hydrogen-bond acceptors (Lipinski definition) is 7. The van der Waals surface area contributed by atoms with Gasteiger partial charge >= 0.3 is 12.1 Å². The molecule has 0 saturated carbocycles. The summed E-state index contributed by atoms with van der Waals surface area (Å²) < 4.78 is 9.90. The Morgan fingerprint density at radius 1 is 1.06 bits per heavy atom. The number of amides is 3. The molecule has 0 aromatic heterocycles. The second-order valence-corrected chi connectivity index (χ2v) is 10.3. The van der Waals surface area contributed by atoms with Crippen molar-refractivity contribution in [2.45, 2.75) is 85.0 Å². The van der Waals surface area contributed by atoms with Crippen molar-refractivity contribution in [3.8, 4) is 0 Å². The summed E-state index contributed by atoms with van der Waals surface area (Å²) in [6.45, 7) is 13.0. The number of nitrogens with one attached hydrogen (secondary N) is 2. The lowest BCUT2D eigenvalue weighted by molar-refractivity contribution is -0.150. The largest absolute Gasteiger partial charge is 0.468 e. The minimum Gasteiger partial charge on any atom is -0.468 e. The van der Waals surface area contributed by atoms with Gasteiger partial charge in [0.2, 0.25) is 11.8 Å². The van der Waals surface area contributed by atoms with E-state index < -0.39 is 53.7 Å². The summed E-state index contributed by atoms with van der Waals surface area (Å²) in [5.74, 6) is -1.91. The first-order chi connectivity index (χ1) is 16.6. The van der Waals surface area contributed by atoms with Crippen LogP contribution < -0.4 is 10.6 Å². The lowest BCUT2D eigenvalue weighted by atomic mass is 9.88. The SMILES string of the molecule is CCC(C)(C)N(C(=O)C(CO)NC(=O)OC(C)(C)C)C(C(=O)NCC(=O)OC)c1c(C)cccc1C. The summed E-state index contributed by atoms with van der Waals surface area (Å²) in [5.41, 5.74) is 0.410. The molecule has 2 atom stereocenters. The standard InChI is InChI=1S/C26H41N3O7/c1-10-26(7,8)29(23(33)18(15-30)28-24(34)36-25(4,5)6)21(22(32)27-14-19(31)35-9)20-16(2)12-11-13-17(20)3/h11-13,18,21,30H,10,14-15H2,1-9H3,(H,27,32)(H,28,34). The Balaban J connectivity index is 3.64. The molecule has 202 valence electrons. The number of aliphatic hydroxyl groups excluding tert-OH is 1. The molecule has 10 heteroatoms. The quantitative estimate of drug-likeness (QED) is 0.414. The zero-order valence-electron chi connectivity index (χ0n) is 22.9. The van der Waals surface area contributed by atoms with Crippen molar-refractivity contribution in [2.75, 3.05) is 20.3 Å². The van der Waals surface area contributed by atoms with E-state index in [2.05, 4.69) is 15.4 Å². The third-order valence-electron chi connectivity index (χ3n) is 5.88. The van der Waals surface area contributed by atoms with E-state index in [0.29, 0.717) is 12.0 Å². The Labute approximate surface area is 213 Å². The number of carbonyl (C=O) groups is 4. The van der Waals surface area contributed by atoms with Crippen LogP contribution in [0.15, 0.2) is 18.2 Å². The van der Waals surface area contributed by atoms with Crippen LogP contribution in [-0.4, -0.2) is 71.3 Å². The van der Waals surface area contributed by atoms with Crippen molar-refractivity contribution in [1.29, 1.82) is 0 Å². The fourth-order valence-electron chi connectivity index (χ4n) is 3.71. The van der Waals surface area contributed by atoms with Crippen LogP contribution >= 0.6 is 0 Å². The minimum atomic E-state index is -1.37. The normalized spacial score (nSPS) is 13.3. The van der Waals surface area contributed by atoms with Gasteiger partial charge in [0.15, 0.2) is 0 Å². The summed E-state index contributed by atoms with van der Waals surface area (Å²) >= 11 is 0. The molecule has 0 spiro atoms. The number of aryl methyl sites for hydroxylation is 2. The number of benzene rings is 1. The van der Waals surface area contributed by atoms with Crippen LogP contribution in [0.5, 0.6) is 0 Å². The minimum absolute atomic E-state index is 0.384. The van der Waals surface area contributed by atoms with Crippen molar-refractivity contribution in [3.63, 3.8) is 0 Å². The summed E-state index contributed by atoms with van der Waals surface area (Å²) in [6.07, 6.45) is -0.419. The highest BCUT2D eigenvalue weighted by Gasteiger charge is 2.44. The van der Waals surface area contributed by atoms with E-state index in [9.17, 15) is 24.3 Å².